The number of benzene rings is 1. The molecular formula is C23H20N4O7S. The lowest BCUT2D eigenvalue weighted by Gasteiger charge is -2.34. The van der Waals surface area contributed by atoms with Crippen molar-refractivity contribution in [2.75, 3.05) is 11.9 Å². The molecule has 180 valence electrons. The number of hydrogen-bond acceptors (Lipinski definition) is 10. The van der Waals surface area contributed by atoms with Crippen LogP contribution in [0.15, 0.2) is 73.2 Å². The molecule has 3 aromatic heterocycles. The first-order chi connectivity index (χ1) is 16.8. The zero-order valence-electron chi connectivity index (χ0n) is 18.3. The number of ether oxygens (including phenoxy) is 1. The number of hydrogen-bond donors (Lipinski definition) is 4. The van der Waals surface area contributed by atoms with Gasteiger partial charge in [0.2, 0.25) is 5.76 Å². The van der Waals surface area contributed by atoms with Gasteiger partial charge < -0.3 is 19.6 Å². The Hall–Kier alpha value is -4.13. The van der Waals surface area contributed by atoms with Gasteiger partial charge in [0.15, 0.2) is 5.84 Å². The lowest BCUT2D eigenvalue weighted by atomic mass is 10.1. The summed E-state index contributed by atoms with van der Waals surface area (Å²) in [5, 5.41) is 14.2. The molecule has 4 aromatic rings. The van der Waals surface area contributed by atoms with Crippen LogP contribution < -0.4 is 10.9 Å². The van der Waals surface area contributed by atoms with Crippen LogP contribution >= 0.6 is 10.8 Å². The highest BCUT2D eigenvalue weighted by Gasteiger charge is 2.30. The maximum absolute atomic E-state index is 13.6. The predicted molar refractivity (Wildman–Crippen MR) is 129 cm³/mol. The zero-order chi connectivity index (χ0) is 24.7. The molecule has 0 fully saturated rings. The number of furan rings is 1. The van der Waals surface area contributed by atoms with Crippen LogP contribution in [0, 0.1) is 0 Å². The molecule has 4 heterocycles. The summed E-state index contributed by atoms with van der Waals surface area (Å²) >= 11 is 0. The maximum Gasteiger partial charge on any atom is 0.374 e. The molecule has 4 N–H and O–H groups in total. The van der Waals surface area contributed by atoms with Gasteiger partial charge in [0.1, 0.15) is 27.6 Å². The molecule has 0 spiro atoms. The van der Waals surface area contributed by atoms with Gasteiger partial charge in [-0.3, -0.25) is 18.5 Å². The standard InChI is InChI=1S/C23H20N4O7S/c1-2-33-23(30)16-10-9-13(34-16)12-27-21-14(6-5-11-24-21)19(28)18(22(27)29)20-25-15-7-3-4-8-17(15)35(31,32)26-20/h3-11,28,31-32H,2,12H2,1H3,(H,25,26). The first-order valence-corrected chi connectivity index (χ1v) is 12.0. The Morgan fingerprint density at radius 1 is 1.17 bits per heavy atom. The first kappa shape index (κ1) is 22.7. The Bertz CT molecular complexity index is 1560. The first-order valence-electron chi connectivity index (χ1n) is 10.5. The van der Waals surface area contributed by atoms with E-state index in [4.69, 9.17) is 9.15 Å². The fraction of sp³-hybridized carbons (Fsp3) is 0.130. The molecule has 11 nitrogen and oxygen atoms in total. The number of para-hydroxylation sites is 1. The number of carbonyl (C=O) groups excluding carboxylic acids is 1. The second-order valence-electron chi connectivity index (χ2n) is 7.56. The second-order valence-corrected chi connectivity index (χ2v) is 9.22. The molecule has 35 heavy (non-hydrogen) atoms. The number of anilines is 1. The van der Waals surface area contributed by atoms with Crippen molar-refractivity contribution >= 4 is 39.3 Å². The number of aromatic nitrogens is 2. The van der Waals surface area contributed by atoms with Crippen LogP contribution in [0.25, 0.3) is 11.0 Å². The van der Waals surface area contributed by atoms with Gasteiger partial charge in [-0.25, -0.2) is 9.78 Å². The highest BCUT2D eigenvalue weighted by molar-refractivity contribution is 8.23. The third-order valence-corrected chi connectivity index (χ3v) is 6.72. The Labute approximate surface area is 199 Å². The minimum atomic E-state index is -3.63. The highest BCUT2D eigenvalue weighted by Crippen LogP contribution is 2.55. The number of rotatable bonds is 5. The molecule has 0 aliphatic carbocycles. The SMILES string of the molecule is CCOC(=O)c1ccc(Cn2c(=O)c(C3=NS(O)(O)c4ccccc4N3)c(O)c3cccnc32)o1. The molecule has 0 amide bonds. The van der Waals surface area contributed by atoms with Gasteiger partial charge in [0, 0.05) is 6.20 Å². The monoisotopic (exact) mass is 496 g/mol. The van der Waals surface area contributed by atoms with Gasteiger partial charge in [0.25, 0.3) is 5.56 Å². The maximum atomic E-state index is 13.6. The Morgan fingerprint density at radius 3 is 2.77 bits per heavy atom. The van der Waals surface area contributed by atoms with Gasteiger partial charge in [-0.05, 0) is 43.3 Å². The van der Waals surface area contributed by atoms with E-state index in [9.17, 15) is 23.8 Å². The van der Waals surface area contributed by atoms with Crippen molar-refractivity contribution in [3.63, 3.8) is 0 Å². The summed E-state index contributed by atoms with van der Waals surface area (Å²) in [5.74, 6) is -0.994. The van der Waals surface area contributed by atoms with E-state index >= 15 is 0 Å². The minimum Gasteiger partial charge on any atom is -0.506 e. The van der Waals surface area contributed by atoms with E-state index in [2.05, 4.69) is 14.7 Å². The van der Waals surface area contributed by atoms with Crippen molar-refractivity contribution in [3.05, 3.63) is 82.2 Å². The van der Waals surface area contributed by atoms with E-state index in [-0.39, 0.29) is 52.0 Å². The molecule has 0 saturated heterocycles. The predicted octanol–water partition coefficient (Wildman–Crippen LogP) is 3.82. The minimum absolute atomic E-state index is 0.0185. The van der Waals surface area contributed by atoms with Gasteiger partial charge in [-0.1, -0.05) is 22.9 Å². The summed E-state index contributed by atoms with van der Waals surface area (Å²) in [5.41, 5.74) is -0.462. The molecule has 0 saturated carbocycles. The lowest BCUT2D eigenvalue weighted by Crippen LogP contribution is -2.32. The van der Waals surface area contributed by atoms with E-state index in [0.717, 1.165) is 0 Å². The van der Waals surface area contributed by atoms with Gasteiger partial charge in [-0.15, -0.1) is 4.40 Å². The smallest absolute Gasteiger partial charge is 0.374 e. The van der Waals surface area contributed by atoms with Crippen LogP contribution in [-0.4, -0.2) is 42.2 Å². The van der Waals surface area contributed by atoms with Gasteiger partial charge in [-0.2, -0.15) is 0 Å². The van der Waals surface area contributed by atoms with E-state index in [1.807, 2.05) is 0 Å². The summed E-state index contributed by atoms with van der Waals surface area (Å²) in [6.45, 7) is 1.73. The average Bonchev–Trinajstić information content (AvgIpc) is 3.31. The molecule has 0 radical (unpaired) electrons. The summed E-state index contributed by atoms with van der Waals surface area (Å²) in [6.07, 6.45) is 1.47. The fourth-order valence-electron chi connectivity index (χ4n) is 3.80. The van der Waals surface area contributed by atoms with Crippen LogP contribution in [0.3, 0.4) is 0 Å². The van der Waals surface area contributed by atoms with E-state index in [1.54, 1.807) is 37.3 Å². The molecule has 0 atom stereocenters. The number of aromatic hydroxyl groups is 1. The number of nitrogens with zero attached hydrogens (tertiary/aromatic N) is 3. The van der Waals surface area contributed by atoms with Crippen molar-refractivity contribution in [2.45, 2.75) is 18.4 Å². The van der Waals surface area contributed by atoms with Crippen molar-refractivity contribution in [3.8, 4) is 5.75 Å². The molecular weight excluding hydrogens is 476 g/mol. The quantitative estimate of drug-likeness (QED) is 0.301. The lowest BCUT2D eigenvalue weighted by molar-refractivity contribution is 0.0488. The molecule has 12 heteroatoms. The number of nitrogens with one attached hydrogen (secondary N) is 1. The van der Waals surface area contributed by atoms with Crippen LogP contribution in [0.5, 0.6) is 5.75 Å². The summed E-state index contributed by atoms with van der Waals surface area (Å²) in [7, 11) is -3.63. The number of carbonyl (C=O) groups is 1. The average molecular weight is 497 g/mol. The molecule has 1 aromatic carbocycles. The van der Waals surface area contributed by atoms with Crippen molar-refractivity contribution < 1.29 is 28.2 Å². The fourth-order valence-corrected chi connectivity index (χ4v) is 4.96. The Kier molecular flexibility index (Phi) is 5.55. The molecule has 0 unspecified atom stereocenters. The van der Waals surface area contributed by atoms with Gasteiger partial charge >= 0.3 is 5.97 Å². The van der Waals surface area contributed by atoms with Crippen molar-refractivity contribution in [1.29, 1.82) is 0 Å². The summed E-state index contributed by atoms with van der Waals surface area (Å²) < 4.78 is 36.9. The van der Waals surface area contributed by atoms with Crippen LogP contribution in [0.2, 0.25) is 0 Å². The number of pyridine rings is 2. The van der Waals surface area contributed by atoms with Crippen LogP contribution in [0.1, 0.15) is 28.8 Å². The third kappa shape index (κ3) is 3.93. The molecule has 0 bridgehead atoms. The highest BCUT2D eigenvalue weighted by atomic mass is 32.3. The topological polar surface area (TPSA) is 159 Å². The van der Waals surface area contributed by atoms with Gasteiger partial charge in [0.05, 0.1) is 24.2 Å². The number of fused-ring (bicyclic) bond motifs is 2. The Balaban J connectivity index is 1.66. The molecule has 1 aliphatic heterocycles. The molecule has 5 rings (SSSR count). The summed E-state index contributed by atoms with van der Waals surface area (Å²) in [6, 6.07) is 12.6. The normalized spacial score (nSPS) is 15.1. The van der Waals surface area contributed by atoms with E-state index in [0.29, 0.717) is 5.69 Å². The summed E-state index contributed by atoms with van der Waals surface area (Å²) in [4.78, 5) is 30.0. The van der Waals surface area contributed by atoms with Crippen LogP contribution in [0.4, 0.5) is 5.69 Å². The third-order valence-electron chi connectivity index (χ3n) is 5.34. The van der Waals surface area contributed by atoms with Crippen molar-refractivity contribution in [1.82, 2.24) is 9.55 Å². The zero-order valence-corrected chi connectivity index (χ0v) is 19.2. The van der Waals surface area contributed by atoms with Crippen molar-refractivity contribution in [2.24, 2.45) is 4.40 Å². The van der Waals surface area contributed by atoms with E-state index in [1.165, 1.54) is 29.0 Å². The largest absolute Gasteiger partial charge is 0.506 e. The van der Waals surface area contributed by atoms with Crippen LogP contribution in [-0.2, 0) is 11.3 Å². The Morgan fingerprint density at radius 2 is 1.97 bits per heavy atom. The molecule has 1 aliphatic rings. The second kappa shape index (κ2) is 8.58. The van der Waals surface area contributed by atoms with E-state index < -0.39 is 28.1 Å². The number of amidine groups is 1. The number of esters is 1.